The Kier molecular flexibility index (Phi) is 5.79. The van der Waals surface area contributed by atoms with E-state index >= 15 is 0 Å². The Bertz CT molecular complexity index is 444. The molecule has 3 N–H and O–H groups in total. The van der Waals surface area contributed by atoms with Gasteiger partial charge in [0.25, 0.3) is 0 Å². The molecule has 1 fully saturated rings. The quantitative estimate of drug-likeness (QED) is 0.687. The maximum absolute atomic E-state index is 10.4. The van der Waals surface area contributed by atoms with Gasteiger partial charge in [-0.3, -0.25) is 0 Å². The number of hydrogen-bond acceptors (Lipinski definition) is 5. The van der Waals surface area contributed by atoms with Gasteiger partial charge < -0.3 is 15.7 Å². The Morgan fingerprint density at radius 3 is 2.38 bits per heavy atom. The molecule has 2 rings (SSSR count). The first-order valence-corrected chi connectivity index (χ1v) is 8.23. The van der Waals surface area contributed by atoms with Gasteiger partial charge in [-0.1, -0.05) is 26.7 Å². The van der Waals surface area contributed by atoms with E-state index in [1.54, 1.807) is 0 Å². The molecule has 0 bridgehead atoms. The Morgan fingerprint density at radius 2 is 1.76 bits per heavy atom. The molecule has 0 amide bonds. The Labute approximate surface area is 127 Å². The van der Waals surface area contributed by atoms with Crippen molar-refractivity contribution in [2.75, 3.05) is 23.7 Å². The predicted molar refractivity (Wildman–Crippen MR) is 86.7 cm³/mol. The molecule has 1 saturated carbocycles. The highest BCUT2D eigenvalue weighted by Crippen LogP contribution is 2.29. The highest BCUT2D eigenvalue weighted by molar-refractivity contribution is 5.47. The largest absolute Gasteiger partial charge is 0.388 e. The topological polar surface area (TPSA) is 70.1 Å². The molecule has 0 atom stereocenters. The number of hydrogen-bond donors (Lipinski definition) is 3. The van der Waals surface area contributed by atoms with E-state index in [1.807, 2.05) is 6.07 Å². The number of aromatic nitrogens is 2. The second kappa shape index (κ2) is 7.59. The molecular formula is C16H28N4O. The molecule has 1 aromatic heterocycles. The number of aryl methyl sites for hydroxylation is 1. The highest BCUT2D eigenvalue weighted by atomic mass is 16.3. The molecule has 0 aliphatic heterocycles. The van der Waals surface area contributed by atoms with Crippen LogP contribution >= 0.6 is 0 Å². The molecule has 1 aliphatic carbocycles. The van der Waals surface area contributed by atoms with Crippen molar-refractivity contribution in [3.05, 3.63) is 11.9 Å². The summed E-state index contributed by atoms with van der Waals surface area (Å²) < 4.78 is 0. The van der Waals surface area contributed by atoms with Crippen LogP contribution in [-0.4, -0.2) is 33.8 Å². The van der Waals surface area contributed by atoms with Gasteiger partial charge in [0.1, 0.15) is 17.5 Å². The van der Waals surface area contributed by atoms with Crippen LogP contribution in [0, 0.1) is 0 Å². The van der Waals surface area contributed by atoms with E-state index in [1.165, 1.54) is 0 Å². The zero-order chi connectivity index (χ0) is 15.1. The van der Waals surface area contributed by atoms with Crippen molar-refractivity contribution in [1.82, 2.24) is 9.97 Å². The molecule has 118 valence electrons. The second-order valence-corrected chi connectivity index (χ2v) is 6.02. The Morgan fingerprint density at radius 1 is 1.10 bits per heavy atom. The lowest BCUT2D eigenvalue weighted by Gasteiger charge is -2.23. The molecule has 1 aromatic rings. The third-order valence-electron chi connectivity index (χ3n) is 3.94. The van der Waals surface area contributed by atoms with Gasteiger partial charge in [0.15, 0.2) is 0 Å². The van der Waals surface area contributed by atoms with Crippen molar-refractivity contribution >= 4 is 11.6 Å². The monoisotopic (exact) mass is 292 g/mol. The highest BCUT2D eigenvalue weighted by Gasteiger charge is 2.30. The standard InChI is InChI=1S/C16H28N4O/c1-3-7-13-19-14(17-10-4-2)11-15(20-13)18-12-16(21)8-5-6-9-16/h11,21H,3-10,12H2,1-2H3,(H2,17,18,19,20). The van der Waals surface area contributed by atoms with Crippen molar-refractivity contribution in [2.24, 2.45) is 0 Å². The molecule has 5 nitrogen and oxygen atoms in total. The van der Waals surface area contributed by atoms with Gasteiger partial charge in [-0.15, -0.1) is 0 Å². The average molecular weight is 292 g/mol. The zero-order valence-corrected chi connectivity index (χ0v) is 13.3. The minimum absolute atomic E-state index is 0.563. The Balaban J connectivity index is 2.03. The minimum atomic E-state index is -0.563. The lowest BCUT2D eigenvalue weighted by molar-refractivity contribution is 0.0614. The molecular weight excluding hydrogens is 264 g/mol. The number of rotatable bonds is 8. The maximum atomic E-state index is 10.4. The summed E-state index contributed by atoms with van der Waals surface area (Å²) in [5.41, 5.74) is -0.563. The first-order valence-electron chi connectivity index (χ1n) is 8.23. The van der Waals surface area contributed by atoms with E-state index in [2.05, 4.69) is 34.4 Å². The van der Waals surface area contributed by atoms with Crippen LogP contribution in [0.1, 0.15) is 58.2 Å². The van der Waals surface area contributed by atoms with E-state index in [0.29, 0.717) is 6.54 Å². The third kappa shape index (κ3) is 4.84. The summed E-state index contributed by atoms with van der Waals surface area (Å²) >= 11 is 0. The molecule has 0 spiro atoms. The smallest absolute Gasteiger partial charge is 0.133 e. The molecule has 0 radical (unpaired) electrons. The third-order valence-corrected chi connectivity index (χ3v) is 3.94. The van der Waals surface area contributed by atoms with Crippen molar-refractivity contribution in [3.8, 4) is 0 Å². The normalized spacial score (nSPS) is 16.9. The van der Waals surface area contributed by atoms with Gasteiger partial charge in [-0.25, -0.2) is 9.97 Å². The predicted octanol–water partition coefficient (Wildman–Crippen LogP) is 2.97. The van der Waals surface area contributed by atoms with Gasteiger partial charge in [-0.2, -0.15) is 0 Å². The van der Waals surface area contributed by atoms with Crippen LogP contribution in [0.3, 0.4) is 0 Å². The van der Waals surface area contributed by atoms with Crippen LogP contribution in [-0.2, 0) is 6.42 Å². The number of nitrogens with zero attached hydrogens (tertiary/aromatic N) is 2. The molecule has 21 heavy (non-hydrogen) atoms. The van der Waals surface area contributed by atoms with Crippen LogP contribution < -0.4 is 10.6 Å². The molecule has 0 saturated heterocycles. The summed E-state index contributed by atoms with van der Waals surface area (Å²) in [7, 11) is 0. The van der Waals surface area contributed by atoms with Crippen molar-refractivity contribution < 1.29 is 5.11 Å². The molecule has 1 aliphatic rings. The van der Waals surface area contributed by atoms with E-state index in [4.69, 9.17) is 0 Å². The van der Waals surface area contributed by atoms with Crippen molar-refractivity contribution in [2.45, 2.75) is 64.4 Å². The van der Waals surface area contributed by atoms with E-state index in [-0.39, 0.29) is 0 Å². The van der Waals surface area contributed by atoms with Crippen LogP contribution in [0.15, 0.2) is 6.07 Å². The first-order chi connectivity index (χ1) is 10.1. The van der Waals surface area contributed by atoms with E-state index in [9.17, 15) is 5.11 Å². The maximum Gasteiger partial charge on any atom is 0.133 e. The van der Waals surface area contributed by atoms with Gasteiger partial charge in [0.05, 0.1) is 5.60 Å². The fourth-order valence-corrected chi connectivity index (χ4v) is 2.73. The summed E-state index contributed by atoms with van der Waals surface area (Å²) in [5.74, 6) is 2.54. The molecule has 1 heterocycles. The zero-order valence-electron chi connectivity index (χ0n) is 13.3. The first kappa shape index (κ1) is 16.0. The second-order valence-electron chi connectivity index (χ2n) is 6.02. The average Bonchev–Trinajstić information content (AvgIpc) is 2.91. The lowest BCUT2D eigenvalue weighted by Crippen LogP contribution is -2.33. The number of aliphatic hydroxyl groups is 1. The summed E-state index contributed by atoms with van der Waals surface area (Å²) in [6, 6.07) is 1.94. The van der Waals surface area contributed by atoms with Gasteiger partial charge in [0, 0.05) is 25.6 Å². The SMILES string of the molecule is CCCNc1cc(NCC2(O)CCCC2)nc(CCC)n1. The minimum Gasteiger partial charge on any atom is -0.388 e. The van der Waals surface area contributed by atoms with Crippen molar-refractivity contribution in [3.63, 3.8) is 0 Å². The molecule has 5 heteroatoms. The van der Waals surface area contributed by atoms with Crippen molar-refractivity contribution in [1.29, 1.82) is 0 Å². The van der Waals surface area contributed by atoms with Gasteiger partial charge in [-0.05, 0) is 25.7 Å². The summed E-state index contributed by atoms with van der Waals surface area (Å²) in [4.78, 5) is 9.08. The van der Waals surface area contributed by atoms with Crippen LogP contribution in [0.5, 0.6) is 0 Å². The summed E-state index contributed by atoms with van der Waals surface area (Å²) in [5, 5.41) is 17.0. The van der Waals surface area contributed by atoms with Crippen LogP contribution in [0.25, 0.3) is 0 Å². The Hall–Kier alpha value is -1.36. The molecule has 0 unspecified atom stereocenters. The van der Waals surface area contributed by atoms with Gasteiger partial charge >= 0.3 is 0 Å². The summed E-state index contributed by atoms with van der Waals surface area (Å²) in [6.07, 6.45) is 6.97. The number of nitrogens with one attached hydrogen (secondary N) is 2. The van der Waals surface area contributed by atoms with Crippen LogP contribution in [0.2, 0.25) is 0 Å². The van der Waals surface area contributed by atoms with E-state index < -0.39 is 5.60 Å². The number of anilines is 2. The fourth-order valence-electron chi connectivity index (χ4n) is 2.73. The lowest BCUT2D eigenvalue weighted by atomic mass is 10.0. The van der Waals surface area contributed by atoms with E-state index in [0.717, 1.165) is 69.0 Å². The fraction of sp³-hybridized carbons (Fsp3) is 0.750. The van der Waals surface area contributed by atoms with Gasteiger partial charge in [0.2, 0.25) is 0 Å². The summed E-state index contributed by atoms with van der Waals surface area (Å²) in [6.45, 7) is 5.74. The molecule has 0 aromatic carbocycles. The van der Waals surface area contributed by atoms with Crippen LogP contribution in [0.4, 0.5) is 11.6 Å².